The third-order valence-electron chi connectivity index (χ3n) is 1.76. The highest BCUT2D eigenvalue weighted by molar-refractivity contribution is 5.85. The molecule has 0 aromatic carbocycles. The van der Waals surface area contributed by atoms with Crippen LogP contribution in [0.15, 0.2) is 0 Å². The van der Waals surface area contributed by atoms with Crippen LogP contribution in [0.4, 0.5) is 0 Å². The summed E-state index contributed by atoms with van der Waals surface area (Å²) < 4.78 is 0. The second-order valence-corrected chi connectivity index (χ2v) is 2.69. The maximum Gasteiger partial charge on any atom is 0.00535 e. The molecule has 1 saturated carbocycles. The Labute approximate surface area is 62.4 Å². The van der Waals surface area contributed by atoms with E-state index in [0.717, 1.165) is 6.42 Å². The molecule has 1 aliphatic carbocycles. The second kappa shape index (κ2) is 4.09. The lowest BCUT2D eigenvalue weighted by molar-refractivity contribution is 0.392. The van der Waals surface area contributed by atoms with E-state index in [1.807, 2.05) is 0 Å². The van der Waals surface area contributed by atoms with Gasteiger partial charge in [-0.3, -0.25) is 0 Å². The summed E-state index contributed by atoms with van der Waals surface area (Å²) in [5, 5.41) is 0. The Morgan fingerprint density at radius 2 is 1.44 bits per heavy atom. The summed E-state index contributed by atoms with van der Waals surface area (Å²) >= 11 is 0. The summed E-state index contributed by atoms with van der Waals surface area (Å²) in [6.07, 6.45) is 4.60. The van der Waals surface area contributed by atoms with E-state index < -0.39 is 0 Å². The number of nitrogens with two attached hydrogens (primary N) is 2. The van der Waals surface area contributed by atoms with E-state index in [9.17, 15) is 0 Å². The van der Waals surface area contributed by atoms with Crippen molar-refractivity contribution in [2.45, 2.75) is 37.8 Å². The number of hydrogen-bond acceptors (Lipinski definition) is 2. The van der Waals surface area contributed by atoms with Gasteiger partial charge in [-0.25, -0.2) is 0 Å². The van der Waals surface area contributed by atoms with Crippen molar-refractivity contribution in [2.75, 3.05) is 0 Å². The monoisotopic (exact) mass is 150 g/mol. The predicted octanol–water partition coefficient (Wildman–Crippen LogP) is 0.637. The van der Waals surface area contributed by atoms with Crippen molar-refractivity contribution in [3.8, 4) is 0 Å². The molecule has 0 radical (unpaired) electrons. The number of hydrogen-bond donors (Lipinski definition) is 2. The Balaban J connectivity index is 0.000000640. The minimum atomic E-state index is 0. The predicted molar refractivity (Wildman–Crippen MR) is 41.7 cm³/mol. The second-order valence-electron chi connectivity index (χ2n) is 2.69. The van der Waals surface area contributed by atoms with E-state index in [1.54, 1.807) is 0 Å². The molecular formula is C6H15ClN2. The lowest BCUT2D eigenvalue weighted by Gasteiger charge is -2.22. The third-order valence-corrected chi connectivity index (χ3v) is 1.76. The minimum absolute atomic E-state index is 0. The van der Waals surface area contributed by atoms with Crippen molar-refractivity contribution in [1.82, 2.24) is 0 Å². The van der Waals surface area contributed by atoms with Gasteiger partial charge in [-0.2, -0.15) is 0 Å². The van der Waals surface area contributed by atoms with Gasteiger partial charge in [-0.15, -0.1) is 12.4 Å². The highest BCUT2D eigenvalue weighted by atomic mass is 35.5. The molecule has 1 aliphatic rings. The van der Waals surface area contributed by atoms with Crippen molar-refractivity contribution in [3.05, 3.63) is 0 Å². The highest BCUT2D eigenvalue weighted by Crippen LogP contribution is 2.14. The molecule has 0 aromatic rings. The van der Waals surface area contributed by atoms with Gasteiger partial charge < -0.3 is 11.5 Å². The van der Waals surface area contributed by atoms with Crippen LogP contribution in [0.5, 0.6) is 0 Å². The first-order chi connectivity index (χ1) is 3.79. The summed E-state index contributed by atoms with van der Waals surface area (Å²) in [5.41, 5.74) is 11.3. The first-order valence-corrected chi connectivity index (χ1v) is 3.30. The van der Waals surface area contributed by atoms with Gasteiger partial charge >= 0.3 is 0 Å². The highest BCUT2D eigenvalue weighted by Gasteiger charge is 2.14. The smallest absolute Gasteiger partial charge is 0.00535 e. The molecule has 0 aromatic heterocycles. The van der Waals surface area contributed by atoms with Gasteiger partial charge in [0.05, 0.1) is 0 Å². The van der Waals surface area contributed by atoms with Crippen LogP contribution < -0.4 is 11.5 Å². The van der Waals surface area contributed by atoms with Crippen molar-refractivity contribution in [3.63, 3.8) is 0 Å². The summed E-state index contributed by atoms with van der Waals surface area (Å²) in [5.74, 6) is 0. The van der Waals surface area contributed by atoms with Crippen molar-refractivity contribution in [2.24, 2.45) is 11.5 Å². The van der Waals surface area contributed by atoms with E-state index in [4.69, 9.17) is 11.5 Å². The van der Waals surface area contributed by atoms with Crippen LogP contribution in [-0.2, 0) is 0 Å². The molecule has 0 amide bonds. The fourth-order valence-corrected chi connectivity index (χ4v) is 1.27. The van der Waals surface area contributed by atoms with Gasteiger partial charge in [-0.05, 0) is 19.3 Å². The van der Waals surface area contributed by atoms with Crippen molar-refractivity contribution in [1.29, 1.82) is 0 Å². The molecule has 9 heavy (non-hydrogen) atoms. The van der Waals surface area contributed by atoms with Crippen LogP contribution >= 0.6 is 12.4 Å². The molecule has 3 heteroatoms. The van der Waals surface area contributed by atoms with E-state index in [1.165, 1.54) is 19.3 Å². The van der Waals surface area contributed by atoms with Crippen molar-refractivity contribution < 1.29 is 0 Å². The molecular weight excluding hydrogens is 136 g/mol. The molecule has 0 aliphatic heterocycles. The largest absolute Gasteiger partial charge is 0.328 e. The topological polar surface area (TPSA) is 52.0 Å². The Bertz CT molecular complexity index is 69.5. The van der Waals surface area contributed by atoms with E-state index in [-0.39, 0.29) is 12.4 Å². The number of halogens is 1. The normalized spacial score (nSPS) is 35.3. The van der Waals surface area contributed by atoms with E-state index in [0.29, 0.717) is 12.1 Å². The average molecular weight is 151 g/mol. The third kappa shape index (κ3) is 3.04. The van der Waals surface area contributed by atoms with Crippen LogP contribution in [0.3, 0.4) is 0 Å². The Hall–Kier alpha value is 0.210. The van der Waals surface area contributed by atoms with E-state index >= 15 is 0 Å². The fraction of sp³-hybridized carbons (Fsp3) is 1.00. The lowest BCUT2D eigenvalue weighted by atomic mass is 9.92. The molecule has 2 atom stereocenters. The van der Waals surface area contributed by atoms with Gasteiger partial charge in [0.25, 0.3) is 0 Å². The molecule has 0 spiro atoms. The molecule has 2 nitrogen and oxygen atoms in total. The summed E-state index contributed by atoms with van der Waals surface area (Å²) in [6.45, 7) is 0. The SMILES string of the molecule is Cl.N[C@H]1CCC[C@H](N)C1. The van der Waals surface area contributed by atoms with Gasteiger partial charge in [0.15, 0.2) is 0 Å². The first-order valence-electron chi connectivity index (χ1n) is 3.30. The van der Waals surface area contributed by atoms with Crippen LogP contribution in [0.25, 0.3) is 0 Å². The maximum atomic E-state index is 5.65. The van der Waals surface area contributed by atoms with Crippen molar-refractivity contribution >= 4 is 12.4 Å². The Morgan fingerprint density at radius 1 is 1.00 bits per heavy atom. The summed E-state index contributed by atoms with van der Waals surface area (Å²) in [6, 6.07) is 0.775. The standard InChI is InChI=1S/C6H14N2.ClH/c7-5-2-1-3-6(8)4-5;/h5-6H,1-4,7-8H2;1H/t5-,6-;/m0./s1. The quantitative estimate of drug-likeness (QED) is 0.533. The van der Waals surface area contributed by atoms with Gasteiger partial charge in [0.1, 0.15) is 0 Å². The molecule has 56 valence electrons. The van der Waals surface area contributed by atoms with Gasteiger partial charge in [0.2, 0.25) is 0 Å². The zero-order chi connectivity index (χ0) is 5.98. The summed E-state index contributed by atoms with van der Waals surface area (Å²) in [7, 11) is 0. The molecule has 0 bridgehead atoms. The molecule has 0 heterocycles. The van der Waals surface area contributed by atoms with E-state index in [2.05, 4.69) is 0 Å². The van der Waals surface area contributed by atoms with Gasteiger partial charge in [0, 0.05) is 12.1 Å². The van der Waals surface area contributed by atoms with Crippen LogP contribution in [0.1, 0.15) is 25.7 Å². The average Bonchev–Trinajstić information content (AvgIpc) is 1.64. The fourth-order valence-electron chi connectivity index (χ4n) is 1.27. The van der Waals surface area contributed by atoms with Gasteiger partial charge in [-0.1, -0.05) is 6.42 Å². The molecule has 1 fully saturated rings. The first kappa shape index (κ1) is 9.21. The maximum absolute atomic E-state index is 5.65. The Morgan fingerprint density at radius 3 is 1.67 bits per heavy atom. The Kier molecular flexibility index (Phi) is 4.19. The molecule has 4 N–H and O–H groups in total. The lowest BCUT2D eigenvalue weighted by Crippen LogP contribution is -2.35. The summed E-state index contributed by atoms with van der Waals surface area (Å²) in [4.78, 5) is 0. The zero-order valence-electron chi connectivity index (χ0n) is 5.55. The number of rotatable bonds is 0. The molecule has 0 unspecified atom stereocenters. The molecule has 0 saturated heterocycles. The molecule has 1 rings (SSSR count). The van der Waals surface area contributed by atoms with Crippen LogP contribution in [-0.4, -0.2) is 12.1 Å². The van der Waals surface area contributed by atoms with Crippen LogP contribution in [0, 0.1) is 0 Å². The van der Waals surface area contributed by atoms with Crippen LogP contribution in [0.2, 0.25) is 0 Å². The minimum Gasteiger partial charge on any atom is -0.328 e. The zero-order valence-corrected chi connectivity index (χ0v) is 6.36.